The highest BCUT2D eigenvalue weighted by atomic mass is 16.3. The maximum absolute atomic E-state index is 6.52. The van der Waals surface area contributed by atoms with Crippen LogP contribution in [0.4, 0.5) is 0 Å². The van der Waals surface area contributed by atoms with Gasteiger partial charge in [-0.15, -0.1) is 0 Å². The van der Waals surface area contributed by atoms with Gasteiger partial charge >= 0.3 is 0 Å². The van der Waals surface area contributed by atoms with E-state index >= 15 is 0 Å². The van der Waals surface area contributed by atoms with Crippen LogP contribution in [-0.2, 0) is 0 Å². The quantitative estimate of drug-likeness (QED) is 0.187. The number of furan rings is 2. The Morgan fingerprint density at radius 3 is 1.94 bits per heavy atom. The number of rotatable bonds is 5. The van der Waals surface area contributed by atoms with Gasteiger partial charge in [-0.25, -0.2) is 15.0 Å². The summed E-state index contributed by atoms with van der Waals surface area (Å²) in [6.45, 7) is 0. The summed E-state index contributed by atoms with van der Waals surface area (Å²) in [6, 6.07) is 47.5. The van der Waals surface area contributed by atoms with Crippen molar-refractivity contribution in [2.45, 2.75) is 12.3 Å². The summed E-state index contributed by atoms with van der Waals surface area (Å²) < 4.78 is 13.0. The molecule has 0 bridgehead atoms. The van der Waals surface area contributed by atoms with E-state index in [1.807, 2.05) is 78.9 Å². The molecule has 3 aromatic heterocycles. The first kappa shape index (κ1) is 28.4. The summed E-state index contributed by atoms with van der Waals surface area (Å²) in [7, 11) is 0. The lowest BCUT2D eigenvalue weighted by atomic mass is 9.87. The van der Waals surface area contributed by atoms with Crippen molar-refractivity contribution in [3.8, 4) is 34.2 Å². The number of hydrogen-bond donors (Lipinski definition) is 0. The average molecular weight is 644 g/mol. The highest BCUT2D eigenvalue weighted by molar-refractivity contribution is 6.13. The molecule has 9 aromatic rings. The molecular weight excluding hydrogens is 615 g/mol. The molecule has 0 N–H and O–H groups in total. The third kappa shape index (κ3) is 4.74. The number of aromatic nitrogens is 3. The molecule has 1 aliphatic rings. The van der Waals surface area contributed by atoms with Crippen molar-refractivity contribution < 1.29 is 8.83 Å². The molecule has 1 aliphatic carbocycles. The Morgan fingerprint density at radius 1 is 0.500 bits per heavy atom. The lowest BCUT2D eigenvalue weighted by molar-refractivity contribution is 0.668. The average Bonchev–Trinajstić information content (AvgIpc) is 3.77. The molecule has 0 amide bonds. The van der Waals surface area contributed by atoms with Gasteiger partial charge in [0.05, 0.1) is 5.56 Å². The first-order valence-corrected chi connectivity index (χ1v) is 16.9. The van der Waals surface area contributed by atoms with Crippen LogP contribution in [0.1, 0.15) is 23.5 Å². The second kappa shape index (κ2) is 11.5. The fourth-order valence-corrected chi connectivity index (χ4v) is 7.24. The molecule has 10 rings (SSSR count). The fourth-order valence-electron chi connectivity index (χ4n) is 7.24. The Balaban J connectivity index is 1.20. The van der Waals surface area contributed by atoms with E-state index in [9.17, 15) is 0 Å². The minimum absolute atomic E-state index is 0.342. The molecule has 0 radical (unpaired) electrons. The van der Waals surface area contributed by atoms with Crippen molar-refractivity contribution in [1.29, 1.82) is 0 Å². The van der Waals surface area contributed by atoms with Gasteiger partial charge in [-0.05, 0) is 53.5 Å². The Hall–Kier alpha value is -6.59. The number of allylic oxidation sites excluding steroid dienone is 4. The maximum atomic E-state index is 6.52. The van der Waals surface area contributed by atoms with Gasteiger partial charge < -0.3 is 8.83 Å². The van der Waals surface area contributed by atoms with Crippen molar-refractivity contribution >= 4 is 49.5 Å². The Labute approximate surface area is 287 Å². The molecule has 0 saturated heterocycles. The number of para-hydroxylation sites is 3. The summed E-state index contributed by atoms with van der Waals surface area (Å²) in [5.41, 5.74) is 9.32. The molecule has 5 heteroatoms. The lowest BCUT2D eigenvalue weighted by Gasteiger charge is -2.17. The topological polar surface area (TPSA) is 65.0 Å². The van der Waals surface area contributed by atoms with Crippen LogP contribution in [0.15, 0.2) is 167 Å². The van der Waals surface area contributed by atoms with Crippen LogP contribution in [0.5, 0.6) is 0 Å². The van der Waals surface area contributed by atoms with Gasteiger partial charge in [0.1, 0.15) is 22.3 Å². The lowest BCUT2D eigenvalue weighted by Crippen LogP contribution is -2.01. The van der Waals surface area contributed by atoms with E-state index in [0.717, 1.165) is 78.1 Å². The predicted molar refractivity (Wildman–Crippen MR) is 202 cm³/mol. The zero-order chi connectivity index (χ0) is 33.0. The van der Waals surface area contributed by atoms with Gasteiger partial charge in [-0.2, -0.15) is 0 Å². The van der Waals surface area contributed by atoms with Crippen molar-refractivity contribution in [3.63, 3.8) is 0 Å². The molecule has 0 fully saturated rings. The molecule has 50 heavy (non-hydrogen) atoms. The summed E-state index contributed by atoms with van der Waals surface area (Å²) in [5.74, 6) is 2.05. The summed E-state index contributed by atoms with van der Waals surface area (Å²) in [6.07, 6.45) is 7.77. The molecule has 236 valence electrons. The summed E-state index contributed by atoms with van der Waals surface area (Å²) in [5, 5.41) is 4.08. The largest absolute Gasteiger partial charge is 0.456 e. The Kier molecular flexibility index (Phi) is 6.56. The van der Waals surface area contributed by atoms with E-state index < -0.39 is 0 Å². The highest BCUT2D eigenvalue weighted by Crippen LogP contribution is 2.41. The first-order chi connectivity index (χ1) is 24.8. The van der Waals surface area contributed by atoms with Crippen molar-refractivity contribution in [1.82, 2.24) is 15.0 Å². The summed E-state index contributed by atoms with van der Waals surface area (Å²) in [4.78, 5) is 15.5. The van der Waals surface area contributed by atoms with Gasteiger partial charge in [0, 0.05) is 38.6 Å². The van der Waals surface area contributed by atoms with Gasteiger partial charge in [0.15, 0.2) is 17.5 Å². The minimum Gasteiger partial charge on any atom is -0.456 e. The molecule has 5 nitrogen and oxygen atoms in total. The number of fused-ring (bicyclic) bond motifs is 6. The second-order valence-electron chi connectivity index (χ2n) is 12.7. The monoisotopic (exact) mass is 643 g/mol. The van der Waals surface area contributed by atoms with Gasteiger partial charge in [-0.1, -0.05) is 127 Å². The minimum atomic E-state index is 0.342. The number of benzene rings is 6. The Morgan fingerprint density at radius 2 is 1.16 bits per heavy atom. The zero-order valence-corrected chi connectivity index (χ0v) is 27.0. The summed E-state index contributed by atoms with van der Waals surface area (Å²) >= 11 is 0. The Bertz CT molecular complexity index is 2790. The highest BCUT2D eigenvalue weighted by Gasteiger charge is 2.22. The van der Waals surface area contributed by atoms with Crippen LogP contribution in [0, 0.1) is 0 Å². The molecule has 3 heterocycles. The van der Waals surface area contributed by atoms with Crippen molar-refractivity contribution in [2.75, 3.05) is 0 Å². The SMILES string of the molecule is C1=CC(c2ccccc2)CC=C1c1cc(-c2nc(-c3ccccc3)nc(-c3cccc4c3oc3ccccc34)n2)c2c(c1)oc1ccccc12. The van der Waals surface area contributed by atoms with E-state index in [-0.39, 0.29) is 0 Å². The standard InChI is InChI=1S/C45H29N3O2/c1-3-12-28(13-4-1)29-22-24-30(25-23-29)32-26-37(41-35-17-8-10-21-39(35)49-40(41)27-32)45-47-43(31-14-5-2-6-15-31)46-44(48-45)36-19-11-18-34-33-16-7-9-20-38(33)50-42(34)36/h1-22,24-27,29H,23H2. The van der Waals surface area contributed by atoms with Crippen LogP contribution < -0.4 is 0 Å². The van der Waals surface area contributed by atoms with Gasteiger partial charge in [-0.3, -0.25) is 0 Å². The molecular formula is C45H29N3O2. The normalized spacial score (nSPS) is 14.6. The second-order valence-corrected chi connectivity index (χ2v) is 12.7. The zero-order valence-electron chi connectivity index (χ0n) is 27.0. The molecule has 0 saturated carbocycles. The van der Waals surface area contributed by atoms with Crippen molar-refractivity contribution in [3.05, 3.63) is 169 Å². The van der Waals surface area contributed by atoms with E-state index in [2.05, 4.69) is 78.9 Å². The first-order valence-electron chi connectivity index (χ1n) is 16.9. The van der Waals surface area contributed by atoms with Crippen LogP contribution in [0.2, 0.25) is 0 Å². The fraction of sp³-hybridized carbons (Fsp3) is 0.0444. The van der Waals surface area contributed by atoms with Crippen LogP contribution in [0.3, 0.4) is 0 Å². The predicted octanol–water partition coefficient (Wildman–Crippen LogP) is 11.8. The smallest absolute Gasteiger partial charge is 0.167 e. The van der Waals surface area contributed by atoms with Crippen LogP contribution in [0.25, 0.3) is 83.6 Å². The number of nitrogens with zero attached hydrogens (tertiary/aromatic N) is 3. The molecule has 6 aromatic carbocycles. The van der Waals surface area contributed by atoms with Crippen LogP contribution >= 0.6 is 0 Å². The van der Waals surface area contributed by atoms with Gasteiger partial charge in [0.25, 0.3) is 0 Å². The maximum Gasteiger partial charge on any atom is 0.167 e. The van der Waals surface area contributed by atoms with Crippen LogP contribution in [-0.4, -0.2) is 15.0 Å². The molecule has 0 spiro atoms. The van der Waals surface area contributed by atoms with Gasteiger partial charge in [0.2, 0.25) is 0 Å². The van der Waals surface area contributed by atoms with E-state index in [0.29, 0.717) is 23.4 Å². The van der Waals surface area contributed by atoms with E-state index in [1.165, 1.54) is 5.56 Å². The molecule has 1 unspecified atom stereocenters. The third-order valence-electron chi connectivity index (χ3n) is 9.69. The van der Waals surface area contributed by atoms with E-state index in [4.69, 9.17) is 23.8 Å². The van der Waals surface area contributed by atoms with Crippen molar-refractivity contribution in [2.24, 2.45) is 0 Å². The molecule has 1 atom stereocenters. The number of hydrogen-bond acceptors (Lipinski definition) is 5. The third-order valence-corrected chi connectivity index (χ3v) is 9.69. The van der Waals surface area contributed by atoms with E-state index in [1.54, 1.807) is 0 Å². The molecule has 0 aliphatic heterocycles.